The summed E-state index contributed by atoms with van der Waals surface area (Å²) in [5.41, 5.74) is -0.518. The van der Waals surface area contributed by atoms with Gasteiger partial charge in [-0.05, 0) is 39.7 Å². The van der Waals surface area contributed by atoms with Crippen LogP contribution < -0.4 is 14.8 Å². The molecule has 0 fully saturated rings. The van der Waals surface area contributed by atoms with Crippen molar-refractivity contribution in [2.75, 3.05) is 19.8 Å². The lowest BCUT2D eigenvalue weighted by molar-refractivity contribution is -0.140. The number of halogens is 5. The highest BCUT2D eigenvalue weighted by Gasteiger charge is 2.34. The van der Waals surface area contributed by atoms with Gasteiger partial charge in [0, 0.05) is 24.7 Å². The first-order valence-electron chi connectivity index (χ1n) is 8.45. The van der Waals surface area contributed by atoms with Crippen LogP contribution in [0.25, 0.3) is 0 Å². The van der Waals surface area contributed by atoms with Gasteiger partial charge in [-0.15, -0.1) is 6.42 Å². The highest BCUT2D eigenvalue weighted by atomic mass is 79.9. The van der Waals surface area contributed by atoms with Crippen LogP contribution in [0.2, 0.25) is 0 Å². The van der Waals surface area contributed by atoms with Crippen molar-refractivity contribution in [2.24, 2.45) is 0 Å². The fourth-order valence-electron chi connectivity index (χ4n) is 2.42. The van der Waals surface area contributed by atoms with Gasteiger partial charge in [0.15, 0.2) is 0 Å². The highest BCUT2D eigenvalue weighted by molar-refractivity contribution is 9.10. The Bertz CT molecular complexity index is 881. The molecule has 0 saturated carbocycles. The molecule has 2 rings (SSSR count). The molecule has 0 aromatic heterocycles. The summed E-state index contributed by atoms with van der Waals surface area (Å²) in [6.07, 6.45) is 0.395. The zero-order chi connectivity index (χ0) is 21.4. The van der Waals surface area contributed by atoms with Crippen molar-refractivity contribution in [1.82, 2.24) is 5.32 Å². The van der Waals surface area contributed by atoms with Gasteiger partial charge < -0.3 is 19.9 Å². The Balaban J connectivity index is 2.26. The summed E-state index contributed by atoms with van der Waals surface area (Å²) in [5.74, 6) is 1.75. The van der Waals surface area contributed by atoms with Crippen LogP contribution in [0.3, 0.4) is 0 Å². The van der Waals surface area contributed by atoms with Crippen LogP contribution in [0.1, 0.15) is 16.7 Å². The summed E-state index contributed by atoms with van der Waals surface area (Å²) < 4.78 is 63.9. The zero-order valence-corrected chi connectivity index (χ0v) is 16.7. The third-order valence-corrected chi connectivity index (χ3v) is 4.38. The van der Waals surface area contributed by atoms with Gasteiger partial charge in [-0.2, -0.15) is 13.2 Å². The number of ether oxygens (including phenoxy) is 2. The second kappa shape index (κ2) is 10.5. The van der Waals surface area contributed by atoms with Crippen LogP contribution in [-0.4, -0.2) is 24.9 Å². The van der Waals surface area contributed by atoms with Crippen LogP contribution in [-0.2, 0) is 19.3 Å². The SMILES string of the molecule is C#CCOc1cc(OCc2ccc(F)c(C(F)(F)F)c2)c(CNCCO)cc1Br. The van der Waals surface area contributed by atoms with Crippen LogP contribution in [0.15, 0.2) is 34.8 Å². The Hall–Kier alpha value is -2.28. The molecular weight excluding hydrogens is 458 g/mol. The summed E-state index contributed by atoms with van der Waals surface area (Å²) in [6, 6.07) is 5.98. The minimum atomic E-state index is -4.80. The van der Waals surface area contributed by atoms with Gasteiger partial charge in [0.2, 0.25) is 0 Å². The molecule has 0 atom stereocenters. The Labute approximate surface area is 174 Å². The van der Waals surface area contributed by atoms with Gasteiger partial charge in [-0.3, -0.25) is 0 Å². The number of benzene rings is 2. The number of alkyl halides is 3. The van der Waals surface area contributed by atoms with Crippen LogP contribution in [0, 0.1) is 18.2 Å². The van der Waals surface area contributed by atoms with E-state index >= 15 is 0 Å². The van der Waals surface area contributed by atoms with E-state index in [2.05, 4.69) is 27.2 Å². The van der Waals surface area contributed by atoms with Crippen molar-refractivity contribution in [3.63, 3.8) is 0 Å². The topological polar surface area (TPSA) is 50.7 Å². The first-order chi connectivity index (χ1) is 13.8. The molecule has 0 spiro atoms. The molecule has 2 aromatic rings. The van der Waals surface area contributed by atoms with Gasteiger partial charge in [0.25, 0.3) is 0 Å². The van der Waals surface area contributed by atoms with Crippen molar-refractivity contribution in [3.05, 3.63) is 57.3 Å². The number of rotatable bonds is 9. The number of hydrogen-bond acceptors (Lipinski definition) is 4. The van der Waals surface area contributed by atoms with Crippen molar-refractivity contribution < 1.29 is 32.1 Å². The molecule has 4 nitrogen and oxygen atoms in total. The zero-order valence-electron chi connectivity index (χ0n) is 15.2. The molecule has 0 saturated heterocycles. The van der Waals surface area contributed by atoms with E-state index < -0.39 is 17.6 Å². The van der Waals surface area contributed by atoms with Gasteiger partial charge >= 0.3 is 6.18 Å². The smallest absolute Gasteiger partial charge is 0.419 e. The Morgan fingerprint density at radius 1 is 1.14 bits per heavy atom. The molecule has 29 heavy (non-hydrogen) atoms. The van der Waals surface area contributed by atoms with E-state index in [1.165, 1.54) is 6.07 Å². The molecule has 156 valence electrons. The van der Waals surface area contributed by atoms with Crippen LogP contribution >= 0.6 is 15.9 Å². The molecule has 2 N–H and O–H groups in total. The standard InChI is InChI=1S/C20H18BrF4NO3/c1-2-7-28-19-10-18(14(9-16(19)21)11-26-5-6-27)29-12-13-3-4-17(22)15(8-13)20(23,24)25/h1,3-4,8-10,26-27H,5-7,11-12H2. The van der Waals surface area contributed by atoms with E-state index in [9.17, 15) is 17.6 Å². The van der Waals surface area contributed by atoms with E-state index in [-0.39, 0.29) is 25.4 Å². The molecule has 0 radical (unpaired) electrons. The first kappa shape index (κ1) is 23.0. The van der Waals surface area contributed by atoms with Gasteiger partial charge in [-0.1, -0.05) is 12.0 Å². The maximum atomic E-state index is 13.5. The average molecular weight is 476 g/mol. The predicted octanol–water partition coefficient (Wildman–Crippen LogP) is 4.28. The lowest BCUT2D eigenvalue weighted by atomic mass is 10.1. The maximum absolute atomic E-state index is 13.5. The van der Waals surface area contributed by atoms with E-state index in [1.54, 1.807) is 12.1 Å². The second-order valence-electron chi connectivity index (χ2n) is 5.88. The van der Waals surface area contributed by atoms with Crippen LogP contribution in [0.5, 0.6) is 11.5 Å². The number of nitrogens with one attached hydrogen (secondary N) is 1. The molecule has 0 aliphatic rings. The largest absolute Gasteiger partial charge is 0.488 e. The van der Waals surface area contributed by atoms with E-state index in [0.29, 0.717) is 40.7 Å². The average Bonchev–Trinajstić information content (AvgIpc) is 2.66. The molecule has 9 heteroatoms. The van der Waals surface area contributed by atoms with Gasteiger partial charge in [0.05, 0.1) is 16.6 Å². The minimum absolute atomic E-state index is 0.0209. The monoisotopic (exact) mass is 475 g/mol. The molecule has 0 heterocycles. The lowest BCUT2D eigenvalue weighted by Crippen LogP contribution is -2.18. The summed E-state index contributed by atoms with van der Waals surface area (Å²) in [5, 5.41) is 11.9. The van der Waals surface area contributed by atoms with Gasteiger partial charge in [-0.25, -0.2) is 4.39 Å². The molecular formula is C20H18BrF4NO3. The number of hydrogen-bond donors (Lipinski definition) is 2. The van der Waals surface area contributed by atoms with Crippen molar-refractivity contribution >= 4 is 15.9 Å². The summed E-state index contributed by atoms with van der Waals surface area (Å²) in [6.45, 7) is 0.427. The Kier molecular flexibility index (Phi) is 8.32. The van der Waals surface area contributed by atoms with Crippen LogP contribution in [0.4, 0.5) is 17.6 Å². The Morgan fingerprint density at radius 3 is 2.55 bits per heavy atom. The summed E-state index contributed by atoms with van der Waals surface area (Å²) in [7, 11) is 0. The fraction of sp³-hybridized carbons (Fsp3) is 0.300. The number of aliphatic hydroxyl groups is 1. The first-order valence-corrected chi connectivity index (χ1v) is 9.24. The lowest BCUT2D eigenvalue weighted by Gasteiger charge is -2.16. The van der Waals surface area contributed by atoms with Crippen molar-refractivity contribution in [2.45, 2.75) is 19.3 Å². The predicted molar refractivity (Wildman–Crippen MR) is 103 cm³/mol. The molecule has 0 bridgehead atoms. The summed E-state index contributed by atoms with van der Waals surface area (Å²) in [4.78, 5) is 0. The Morgan fingerprint density at radius 2 is 1.90 bits per heavy atom. The normalized spacial score (nSPS) is 11.2. The second-order valence-corrected chi connectivity index (χ2v) is 6.74. The van der Waals surface area contributed by atoms with E-state index in [1.807, 2.05) is 0 Å². The number of aliphatic hydroxyl groups excluding tert-OH is 1. The quantitative estimate of drug-likeness (QED) is 0.323. The molecule has 0 unspecified atom stereocenters. The maximum Gasteiger partial charge on any atom is 0.419 e. The third kappa shape index (κ3) is 6.63. The molecule has 0 aliphatic carbocycles. The summed E-state index contributed by atoms with van der Waals surface area (Å²) >= 11 is 3.36. The van der Waals surface area contributed by atoms with Gasteiger partial charge in [0.1, 0.15) is 30.5 Å². The van der Waals surface area contributed by atoms with Crippen molar-refractivity contribution in [3.8, 4) is 23.8 Å². The number of terminal acetylenes is 1. The highest BCUT2D eigenvalue weighted by Crippen LogP contribution is 2.35. The van der Waals surface area contributed by atoms with E-state index in [0.717, 1.165) is 6.07 Å². The minimum Gasteiger partial charge on any atom is -0.488 e. The third-order valence-electron chi connectivity index (χ3n) is 3.76. The van der Waals surface area contributed by atoms with Crippen molar-refractivity contribution in [1.29, 1.82) is 0 Å². The molecule has 0 amide bonds. The fourth-order valence-corrected chi connectivity index (χ4v) is 2.93. The molecule has 2 aromatic carbocycles. The molecule has 0 aliphatic heterocycles. The van der Waals surface area contributed by atoms with E-state index in [4.69, 9.17) is 21.0 Å².